The quantitative estimate of drug-likeness (QED) is 0.503. The Kier molecular flexibility index (Phi) is 2.34. The Labute approximate surface area is 51.0 Å². The highest BCUT2D eigenvalue weighted by molar-refractivity contribution is 4.86. The highest BCUT2D eigenvalue weighted by Crippen LogP contribution is 2.31. The summed E-state index contributed by atoms with van der Waals surface area (Å²) in [7, 11) is 0. The lowest BCUT2D eigenvalue weighted by molar-refractivity contribution is 0.165. The lowest BCUT2D eigenvalue weighted by Crippen LogP contribution is -1.94. The summed E-state index contributed by atoms with van der Waals surface area (Å²) in [6.45, 7) is 3.74. The minimum Gasteiger partial charge on any atom is -0.381 e. The molecule has 0 N–H and O–H groups in total. The van der Waals surface area contributed by atoms with Crippen LogP contribution in [-0.4, -0.2) is 13.2 Å². The van der Waals surface area contributed by atoms with E-state index >= 15 is 0 Å². The highest BCUT2D eigenvalue weighted by atomic mass is 16.5. The summed E-state index contributed by atoms with van der Waals surface area (Å²) in [5.74, 6) is 0.904. The predicted octanol–water partition coefficient (Wildman–Crippen LogP) is 1.64. The van der Waals surface area contributed by atoms with E-state index in [-0.39, 0.29) is 0 Å². The molecule has 8 heavy (non-hydrogen) atoms. The maximum Gasteiger partial charge on any atom is 0.0500 e. The van der Waals surface area contributed by atoms with Gasteiger partial charge in [-0.25, -0.2) is 0 Å². The van der Waals surface area contributed by atoms with Crippen LogP contribution in [0.4, 0.5) is 0 Å². The van der Waals surface area contributed by atoms with Gasteiger partial charge < -0.3 is 4.74 Å². The molecule has 1 aliphatic rings. The second-order valence-electron chi connectivity index (χ2n) is 2.23. The Morgan fingerprint density at radius 3 is 2.88 bits per heavy atom. The zero-order valence-corrected chi connectivity index (χ0v) is 5.39. The van der Waals surface area contributed by atoms with Crippen LogP contribution in [0.1, 0.15) is 19.8 Å². The Balaban J connectivity index is 1.74. The second kappa shape index (κ2) is 3.08. The van der Waals surface area contributed by atoms with Gasteiger partial charge in [-0.05, 0) is 32.1 Å². The van der Waals surface area contributed by atoms with E-state index in [1.165, 1.54) is 12.8 Å². The Morgan fingerprint density at radius 2 is 2.38 bits per heavy atom. The van der Waals surface area contributed by atoms with Gasteiger partial charge in [0.1, 0.15) is 0 Å². The van der Waals surface area contributed by atoms with E-state index in [9.17, 15) is 0 Å². The minimum absolute atomic E-state index is 0.850. The zero-order valence-electron chi connectivity index (χ0n) is 5.39. The van der Waals surface area contributed by atoms with Crippen LogP contribution in [0.15, 0.2) is 0 Å². The van der Waals surface area contributed by atoms with Gasteiger partial charge in [0, 0.05) is 13.2 Å². The van der Waals surface area contributed by atoms with E-state index in [0.717, 1.165) is 19.1 Å². The molecule has 0 aromatic heterocycles. The van der Waals surface area contributed by atoms with Crippen molar-refractivity contribution in [2.45, 2.75) is 19.8 Å². The molecule has 1 radical (unpaired) electrons. The molecule has 1 nitrogen and oxygen atoms in total. The second-order valence-corrected chi connectivity index (χ2v) is 2.23. The van der Waals surface area contributed by atoms with Crippen LogP contribution >= 0.6 is 0 Å². The Morgan fingerprint density at radius 1 is 1.62 bits per heavy atom. The average molecular weight is 113 g/mol. The van der Waals surface area contributed by atoms with Gasteiger partial charge in [-0.1, -0.05) is 0 Å². The molecule has 0 spiro atoms. The number of ether oxygens (including phenoxy) is 1. The van der Waals surface area contributed by atoms with E-state index < -0.39 is 0 Å². The molecule has 1 saturated carbocycles. The molecule has 1 aliphatic carbocycles. The third kappa shape index (κ3) is 2.31. The van der Waals surface area contributed by atoms with Crippen molar-refractivity contribution >= 4 is 0 Å². The van der Waals surface area contributed by atoms with Gasteiger partial charge >= 0.3 is 0 Å². The molecule has 1 rings (SSSR count). The summed E-state index contributed by atoms with van der Waals surface area (Å²) < 4.78 is 5.13. The molecule has 47 valence electrons. The Bertz CT molecular complexity index is 57.4. The first-order valence-electron chi connectivity index (χ1n) is 3.34. The molecule has 0 unspecified atom stereocenters. The average Bonchev–Trinajstić information content (AvgIpc) is 2.51. The van der Waals surface area contributed by atoms with Crippen LogP contribution in [0.2, 0.25) is 0 Å². The predicted molar refractivity (Wildman–Crippen MR) is 33.5 cm³/mol. The molecule has 0 aromatic carbocycles. The fraction of sp³-hybridized carbons (Fsp3) is 0.857. The fourth-order valence-electron chi connectivity index (χ4n) is 0.654. The van der Waals surface area contributed by atoms with Crippen molar-refractivity contribution in [1.82, 2.24) is 0 Å². The lowest BCUT2D eigenvalue weighted by Gasteiger charge is -1.95. The van der Waals surface area contributed by atoms with E-state index in [0.29, 0.717) is 0 Å². The third-order valence-corrected chi connectivity index (χ3v) is 1.37. The summed E-state index contributed by atoms with van der Waals surface area (Å²) in [4.78, 5) is 0. The molecular weight excluding hydrogens is 100 g/mol. The van der Waals surface area contributed by atoms with Crippen molar-refractivity contribution < 1.29 is 4.74 Å². The fourth-order valence-corrected chi connectivity index (χ4v) is 0.654. The maximum atomic E-state index is 5.13. The van der Waals surface area contributed by atoms with Gasteiger partial charge in [0.25, 0.3) is 0 Å². The van der Waals surface area contributed by atoms with Crippen LogP contribution in [0.5, 0.6) is 0 Å². The van der Waals surface area contributed by atoms with Crippen molar-refractivity contribution in [3.63, 3.8) is 0 Å². The smallest absolute Gasteiger partial charge is 0.0500 e. The summed E-state index contributed by atoms with van der Waals surface area (Å²) in [5, 5.41) is 0. The van der Waals surface area contributed by atoms with Crippen molar-refractivity contribution in [1.29, 1.82) is 0 Å². The lowest BCUT2D eigenvalue weighted by atomic mass is 10.3. The molecule has 0 aromatic rings. The van der Waals surface area contributed by atoms with E-state index in [1.807, 2.05) is 6.92 Å². The van der Waals surface area contributed by atoms with Gasteiger partial charge in [-0.2, -0.15) is 0 Å². The molecule has 0 saturated heterocycles. The summed E-state index contributed by atoms with van der Waals surface area (Å²) in [5.41, 5.74) is 0. The first kappa shape index (κ1) is 6.09. The summed E-state index contributed by atoms with van der Waals surface area (Å²) in [6.07, 6.45) is 5.06. The highest BCUT2D eigenvalue weighted by Gasteiger charge is 2.20. The monoisotopic (exact) mass is 113 g/mol. The largest absolute Gasteiger partial charge is 0.381 e. The standard InChI is InChI=1S/C7H13O/c1-2-8-6-5-7-3-4-7/h5,7H,2-4,6H2,1H3. The molecular formula is C7H13O. The molecule has 1 fully saturated rings. The molecule has 0 bridgehead atoms. The van der Waals surface area contributed by atoms with Gasteiger partial charge in [0.05, 0.1) is 0 Å². The minimum atomic E-state index is 0.850. The topological polar surface area (TPSA) is 9.23 Å². The molecule has 0 amide bonds. The van der Waals surface area contributed by atoms with Crippen LogP contribution < -0.4 is 0 Å². The van der Waals surface area contributed by atoms with Crippen molar-refractivity contribution in [3.05, 3.63) is 6.42 Å². The van der Waals surface area contributed by atoms with E-state index in [1.54, 1.807) is 0 Å². The van der Waals surface area contributed by atoms with Crippen molar-refractivity contribution in [2.24, 2.45) is 5.92 Å². The van der Waals surface area contributed by atoms with Gasteiger partial charge in [-0.3, -0.25) is 0 Å². The van der Waals surface area contributed by atoms with Crippen molar-refractivity contribution in [3.8, 4) is 0 Å². The number of hydrogen-bond donors (Lipinski definition) is 0. The van der Waals surface area contributed by atoms with Gasteiger partial charge in [0.2, 0.25) is 0 Å². The first-order chi connectivity index (χ1) is 3.93. The number of rotatable bonds is 4. The SMILES string of the molecule is CCOC[CH]C1CC1. The van der Waals surface area contributed by atoms with Crippen LogP contribution in [0.25, 0.3) is 0 Å². The summed E-state index contributed by atoms with van der Waals surface area (Å²) in [6, 6.07) is 0. The van der Waals surface area contributed by atoms with Crippen LogP contribution in [-0.2, 0) is 4.74 Å². The van der Waals surface area contributed by atoms with Crippen LogP contribution in [0.3, 0.4) is 0 Å². The van der Waals surface area contributed by atoms with Gasteiger partial charge in [0.15, 0.2) is 0 Å². The first-order valence-corrected chi connectivity index (χ1v) is 3.34. The Hall–Kier alpha value is -0.0400. The van der Waals surface area contributed by atoms with E-state index in [4.69, 9.17) is 4.74 Å². The molecule has 0 atom stereocenters. The van der Waals surface area contributed by atoms with E-state index in [2.05, 4.69) is 6.42 Å². The van der Waals surface area contributed by atoms with Crippen molar-refractivity contribution in [2.75, 3.05) is 13.2 Å². The molecule has 0 aliphatic heterocycles. The molecule has 1 heteroatoms. The molecule has 0 heterocycles. The number of hydrogen-bond acceptors (Lipinski definition) is 1. The normalized spacial score (nSPS) is 19.1. The van der Waals surface area contributed by atoms with Gasteiger partial charge in [-0.15, -0.1) is 0 Å². The van der Waals surface area contributed by atoms with Crippen LogP contribution in [0, 0.1) is 12.3 Å². The zero-order chi connectivity index (χ0) is 5.82. The summed E-state index contributed by atoms with van der Waals surface area (Å²) >= 11 is 0. The third-order valence-electron chi connectivity index (χ3n) is 1.37. The maximum absolute atomic E-state index is 5.13.